The number of nitrogens with zero attached hydrogens (tertiary/aromatic N) is 1. The van der Waals surface area contributed by atoms with Gasteiger partial charge in [0.1, 0.15) is 0 Å². The molecule has 2 nitrogen and oxygen atoms in total. The first-order valence-corrected chi connectivity index (χ1v) is 5.44. The lowest BCUT2D eigenvalue weighted by atomic mass is 10.0. The molecule has 1 fully saturated rings. The molecule has 13 heavy (non-hydrogen) atoms. The van der Waals surface area contributed by atoms with Crippen molar-refractivity contribution in [1.82, 2.24) is 10.2 Å². The van der Waals surface area contributed by atoms with Crippen molar-refractivity contribution in [3.8, 4) is 0 Å². The lowest BCUT2D eigenvalue weighted by molar-refractivity contribution is 0.179. The van der Waals surface area contributed by atoms with Crippen LogP contribution in [0.2, 0.25) is 0 Å². The van der Waals surface area contributed by atoms with E-state index in [0.717, 1.165) is 12.6 Å². The van der Waals surface area contributed by atoms with Crippen molar-refractivity contribution < 1.29 is 0 Å². The molecule has 0 aromatic rings. The summed E-state index contributed by atoms with van der Waals surface area (Å²) in [5.74, 6) is 0. The molecule has 0 radical (unpaired) electrons. The van der Waals surface area contributed by atoms with Crippen molar-refractivity contribution in [2.75, 3.05) is 26.2 Å². The van der Waals surface area contributed by atoms with E-state index in [2.05, 4.69) is 23.7 Å². The molecule has 0 atom stereocenters. The largest absolute Gasteiger partial charge is 0.317 e. The maximum atomic E-state index is 3.82. The van der Waals surface area contributed by atoms with Crippen molar-refractivity contribution in [3.63, 3.8) is 0 Å². The van der Waals surface area contributed by atoms with E-state index in [4.69, 9.17) is 0 Å². The molecule has 1 saturated heterocycles. The summed E-state index contributed by atoms with van der Waals surface area (Å²) in [6.07, 6.45) is 5.87. The Morgan fingerprint density at radius 1 is 1.46 bits per heavy atom. The molecule has 1 aliphatic heterocycles. The summed E-state index contributed by atoms with van der Waals surface area (Å²) < 4.78 is 0. The number of piperidine rings is 1. The number of nitrogens with one attached hydrogen (secondary N) is 1. The lowest BCUT2D eigenvalue weighted by Gasteiger charge is -2.33. The van der Waals surface area contributed by atoms with Crippen LogP contribution in [0.4, 0.5) is 0 Å². The van der Waals surface area contributed by atoms with Crippen LogP contribution in [0.1, 0.15) is 26.2 Å². The van der Waals surface area contributed by atoms with Gasteiger partial charge in [-0.3, -0.25) is 4.90 Å². The quantitative estimate of drug-likeness (QED) is 0.650. The van der Waals surface area contributed by atoms with Crippen molar-refractivity contribution in [2.24, 2.45) is 0 Å². The summed E-state index contributed by atoms with van der Waals surface area (Å²) in [7, 11) is 0. The Bertz CT molecular complexity index is 139. The first-order chi connectivity index (χ1) is 6.38. The zero-order valence-corrected chi connectivity index (χ0v) is 8.76. The topological polar surface area (TPSA) is 15.3 Å². The maximum absolute atomic E-state index is 3.82. The maximum Gasteiger partial charge on any atom is 0.0163 e. The summed E-state index contributed by atoms with van der Waals surface area (Å²) >= 11 is 0. The molecule has 0 bridgehead atoms. The fourth-order valence-electron chi connectivity index (χ4n) is 2.05. The van der Waals surface area contributed by atoms with Gasteiger partial charge in [-0.15, -0.1) is 6.58 Å². The highest BCUT2D eigenvalue weighted by Gasteiger charge is 2.18. The van der Waals surface area contributed by atoms with Crippen LogP contribution in [0.25, 0.3) is 0 Å². The molecule has 0 amide bonds. The summed E-state index contributed by atoms with van der Waals surface area (Å²) in [4.78, 5) is 2.56. The van der Waals surface area contributed by atoms with Crippen LogP contribution in [-0.4, -0.2) is 37.1 Å². The zero-order valence-electron chi connectivity index (χ0n) is 8.76. The molecule has 0 aliphatic carbocycles. The molecule has 0 saturated carbocycles. The van der Waals surface area contributed by atoms with Crippen molar-refractivity contribution in [3.05, 3.63) is 12.7 Å². The molecule has 0 unspecified atom stereocenters. The Labute approximate surface area is 82.0 Å². The van der Waals surface area contributed by atoms with E-state index in [1.165, 1.54) is 38.9 Å². The molecule has 2 heteroatoms. The zero-order chi connectivity index (χ0) is 9.52. The Balaban J connectivity index is 2.36. The summed E-state index contributed by atoms with van der Waals surface area (Å²) in [6, 6.07) is 0.791. The molecular weight excluding hydrogens is 160 g/mol. The highest BCUT2D eigenvalue weighted by atomic mass is 15.2. The van der Waals surface area contributed by atoms with Crippen LogP contribution >= 0.6 is 0 Å². The average molecular weight is 182 g/mol. The Morgan fingerprint density at radius 2 is 2.15 bits per heavy atom. The highest BCUT2D eigenvalue weighted by molar-refractivity contribution is 4.82. The molecule has 76 valence electrons. The molecule has 1 rings (SSSR count). The van der Waals surface area contributed by atoms with E-state index in [9.17, 15) is 0 Å². The van der Waals surface area contributed by atoms with Gasteiger partial charge in [0.2, 0.25) is 0 Å². The third-order valence-electron chi connectivity index (χ3n) is 2.70. The second kappa shape index (κ2) is 6.17. The summed E-state index contributed by atoms with van der Waals surface area (Å²) in [5.41, 5.74) is 0. The van der Waals surface area contributed by atoms with Crippen LogP contribution in [0.15, 0.2) is 12.7 Å². The molecule has 1 N–H and O–H groups in total. The van der Waals surface area contributed by atoms with Gasteiger partial charge >= 0.3 is 0 Å². The minimum atomic E-state index is 0.791. The number of hydrogen-bond acceptors (Lipinski definition) is 2. The standard InChI is InChI=1S/C11H22N2/c1-3-9-13(10-4-2)11-5-7-12-8-6-11/h3,11-12H,1,4-10H2,2H3. The van der Waals surface area contributed by atoms with Gasteiger partial charge in [0.25, 0.3) is 0 Å². The van der Waals surface area contributed by atoms with Gasteiger partial charge in [-0.1, -0.05) is 13.0 Å². The monoisotopic (exact) mass is 182 g/mol. The van der Waals surface area contributed by atoms with Crippen LogP contribution < -0.4 is 5.32 Å². The van der Waals surface area contributed by atoms with Gasteiger partial charge in [-0.25, -0.2) is 0 Å². The van der Waals surface area contributed by atoms with E-state index in [1.807, 2.05) is 6.08 Å². The normalized spacial score (nSPS) is 19.2. The highest BCUT2D eigenvalue weighted by Crippen LogP contribution is 2.11. The lowest BCUT2D eigenvalue weighted by Crippen LogP contribution is -2.43. The van der Waals surface area contributed by atoms with E-state index in [0.29, 0.717) is 0 Å². The Morgan fingerprint density at radius 3 is 2.69 bits per heavy atom. The van der Waals surface area contributed by atoms with Crippen LogP contribution in [0.5, 0.6) is 0 Å². The molecule has 0 aromatic carbocycles. The average Bonchev–Trinajstić information content (AvgIpc) is 2.19. The third-order valence-corrected chi connectivity index (χ3v) is 2.70. The fraction of sp³-hybridized carbons (Fsp3) is 0.818. The van der Waals surface area contributed by atoms with Gasteiger partial charge in [0.05, 0.1) is 0 Å². The number of hydrogen-bond donors (Lipinski definition) is 1. The van der Waals surface area contributed by atoms with E-state index >= 15 is 0 Å². The van der Waals surface area contributed by atoms with E-state index < -0.39 is 0 Å². The van der Waals surface area contributed by atoms with Crippen LogP contribution in [0, 0.1) is 0 Å². The Kier molecular flexibility index (Phi) is 5.09. The number of rotatable bonds is 5. The van der Waals surface area contributed by atoms with Crippen molar-refractivity contribution >= 4 is 0 Å². The summed E-state index contributed by atoms with van der Waals surface area (Å²) in [5, 5.41) is 3.40. The fourth-order valence-corrected chi connectivity index (χ4v) is 2.05. The van der Waals surface area contributed by atoms with E-state index in [-0.39, 0.29) is 0 Å². The predicted octanol–water partition coefficient (Wildman–Crippen LogP) is 1.64. The Hall–Kier alpha value is -0.340. The van der Waals surface area contributed by atoms with Gasteiger partial charge in [0, 0.05) is 12.6 Å². The SMILES string of the molecule is C=CCN(CCC)C1CCNCC1. The third kappa shape index (κ3) is 3.49. The molecule has 1 heterocycles. The van der Waals surface area contributed by atoms with Gasteiger partial charge in [0.15, 0.2) is 0 Å². The van der Waals surface area contributed by atoms with Gasteiger partial charge < -0.3 is 5.32 Å². The van der Waals surface area contributed by atoms with E-state index in [1.54, 1.807) is 0 Å². The first kappa shape index (κ1) is 10.7. The van der Waals surface area contributed by atoms with Crippen LogP contribution in [0.3, 0.4) is 0 Å². The van der Waals surface area contributed by atoms with Crippen molar-refractivity contribution in [1.29, 1.82) is 0 Å². The molecule has 0 aromatic heterocycles. The molecular formula is C11H22N2. The second-order valence-electron chi connectivity index (χ2n) is 3.76. The summed E-state index contributed by atoms with van der Waals surface area (Å²) in [6.45, 7) is 10.7. The van der Waals surface area contributed by atoms with Crippen LogP contribution in [-0.2, 0) is 0 Å². The van der Waals surface area contributed by atoms with Crippen molar-refractivity contribution in [2.45, 2.75) is 32.2 Å². The minimum Gasteiger partial charge on any atom is -0.317 e. The molecule has 1 aliphatic rings. The van der Waals surface area contributed by atoms with Gasteiger partial charge in [-0.2, -0.15) is 0 Å². The smallest absolute Gasteiger partial charge is 0.0163 e. The first-order valence-electron chi connectivity index (χ1n) is 5.44. The minimum absolute atomic E-state index is 0.791. The molecule has 0 spiro atoms. The predicted molar refractivity (Wildman–Crippen MR) is 58.0 cm³/mol. The second-order valence-corrected chi connectivity index (χ2v) is 3.76. The van der Waals surface area contributed by atoms with Gasteiger partial charge in [-0.05, 0) is 38.9 Å².